The van der Waals surface area contributed by atoms with Gasteiger partial charge in [-0.3, -0.25) is 0 Å². The molecule has 1 rings (SSSR count). The summed E-state index contributed by atoms with van der Waals surface area (Å²) in [5, 5.41) is 31.5. The minimum absolute atomic E-state index is 0.196. The molecule has 0 heterocycles. The number of aliphatic hydroxyl groups excluding tert-OH is 1. The van der Waals surface area contributed by atoms with Gasteiger partial charge >= 0.3 is 15.9 Å². The quantitative estimate of drug-likeness (QED) is 0.230. The first-order valence-corrected chi connectivity index (χ1v) is 11.8. The van der Waals surface area contributed by atoms with Gasteiger partial charge in [-0.15, -0.1) is 0 Å². The van der Waals surface area contributed by atoms with Crippen LogP contribution in [0.5, 0.6) is 0 Å². The number of nitrogens with one attached hydrogen (secondary N) is 1. The third kappa shape index (κ3) is 9.48. The highest BCUT2D eigenvalue weighted by atomic mass is 28.4. The monoisotopic (exact) mass is 415 g/mol. The highest BCUT2D eigenvalue weighted by molar-refractivity contribution is 6.60. The first kappa shape index (κ1) is 25.1. The SMILES string of the molecule is CCO[Si](CCCOCC(O)CNc1cccc(B(O)O)c1)(OCC)OCC. The van der Waals surface area contributed by atoms with Crippen LogP contribution >= 0.6 is 0 Å². The van der Waals surface area contributed by atoms with Gasteiger partial charge in [0.05, 0.1) is 12.7 Å². The second-order valence-electron chi connectivity index (χ2n) is 6.19. The van der Waals surface area contributed by atoms with Crippen molar-refractivity contribution in [1.29, 1.82) is 0 Å². The largest absolute Gasteiger partial charge is 0.501 e. The van der Waals surface area contributed by atoms with E-state index < -0.39 is 22.0 Å². The zero-order valence-corrected chi connectivity index (χ0v) is 18.1. The maximum Gasteiger partial charge on any atom is 0.501 e. The van der Waals surface area contributed by atoms with E-state index in [1.165, 1.54) is 0 Å². The smallest absolute Gasteiger partial charge is 0.423 e. The molecule has 0 amide bonds. The van der Waals surface area contributed by atoms with Gasteiger partial charge in [-0.1, -0.05) is 12.1 Å². The van der Waals surface area contributed by atoms with Gasteiger partial charge in [0.25, 0.3) is 0 Å². The van der Waals surface area contributed by atoms with Gasteiger partial charge in [-0.2, -0.15) is 0 Å². The van der Waals surface area contributed by atoms with Crippen LogP contribution in [0.25, 0.3) is 0 Å². The summed E-state index contributed by atoms with van der Waals surface area (Å²) in [6.07, 6.45) is 0.0402. The zero-order chi connectivity index (χ0) is 20.8. The molecule has 0 radical (unpaired) electrons. The summed E-state index contributed by atoms with van der Waals surface area (Å²) in [5.74, 6) is 0. The molecule has 0 fully saturated rings. The van der Waals surface area contributed by atoms with E-state index in [0.29, 0.717) is 50.2 Å². The summed E-state index contributed by atoms with van der Waals surface area (Å²) < 4.78 is 22.9. The van der Waals surface area contributed by atoms with Crippen LogP contribution in [0.3, 0.4) is 0 Å². The number of aliphatic hydroxyl groups is 1. The lowest BCUT2D eigenvalue weighted by Gasteiger charge is -2.28. The fraction of sp³-hybridized carbons (Fsp3) is 0.667. The predicted molar refractivity (Wildman–Crippen MR) is 112 cm³/mol. The van der Waals surface area contributed by atoms with Crippen LogP contribution in [-0.4, -0.2) is 76.8 Å². The maximum atomic E-state index is 10.0. The zero-order valence-electron chi connectivity index (χ0n) is 17.1. The van der Waals surface area contributed by atoms with E-state index >= 15 is 0 Å². The molecule has 0 bridgehead atoms. The van der Waals surface area contributed by atoms with Crippen LogP contribution in [0.1, 0.15) is 27.2 Å². The first-order valence-electron chi connectivity index (χ1n) is 9.84. The van der Waals surface area contributed by atoms with E-state index in [4.69, 9.17) is 18.0 Å². The number of rotatable bonds is 16. The molecule has 8 nitrogen and oxygen atoms in total. The minimum atomic E-state index is -2.64. The standard InChI is InChI=1S/C18H34BNO7Si/c1-4-25-28(26-5-2,27-6-3)12-8-11-24-15-18(21)14-20-17-10-7-9-16(13-17)19(22)23/h7,9-10,13,18,20-23H,4-6,8,11-12,14-15H2,1-3H3. The molecule has 0 aromatic heterocycles. The van der Waals surface area contributed by atoms with Gasteiger partial charge < -0.3 is 38.5 Å². The summed E-state index contributed by atoms with van der Waals surface area (Å²) in [6.45, 7) is 8.39. The Labute approximate surface area is 169 Å². The summed E-state index contributed by atoms with van der Waals surface area (Å²) >= 11 is 0. The van der Waals surface area contributed by atoms with Crippen molar-refractivity contribution in [3.8, 4) is 0 Å². The van der Waals surface area contributed by atoms with Crippen molar-refractivity contribution in [2.45, 2.75) is 39.3 Å². The van der Waals surface area contributed by atoms with Gasteiger partial charge in [0.2, 0.25) is 0 Å². The van der Waals surface area contributed by atoms with Gasteiger partial charge in [-0.05, 0) is 44.8 Å². The predicted octanol–water partition coefficient (Wildman–Crippen LogP) is 0.594. The van der Waals surface area contributed by atoms with E-state index in [1.54, 1.807) is 24.3 Å². The maximum absolute atomic E-state index is 10.0. The van der Waals surface area contributed by atoms with Crippen molar-refractivity contribution in [3.63, 3.8) is 0 Å². The van der Waals surface area contributed by atoms with Gasteiger partial charge in [0, 0.05) is 44.7 Å². The fourth-order valence-electron chi connectivity index (χ4n) is 2.72. The Balaban J connectivity index is 2.30. The molecule has 1 atom stereocenters. The number of ether oxygens (including phenoxy) is 1. The van der Waals surface area contributed by atoms with Gasteiger partial charge in [0.15, 0.2) is 0 Å². The van der Waals surface area contributed by atoms with Crippen LogP contribution in [0.2, 0.25) is 6.04 Å². The topological polar surface area (TPSA) is 110 Å². The molecule has 160 valence electrons. The molecule has 1 unspecified atom stereocenters. The highest BCUT2D eigenvalue weighted by Gasteiger charge is 2.39. The van der Waals surface area contributed by atoms with Crippen LogP contribution in [0.4, 0.5) is 5.69 Å². The van der Waals surface area contributed by atoms with Crippen LogP contribution in [0, 0.1) is 0 Å². The Morgan fingerprint density at radius 1 is 1.07 bits per heavy atom. The lowest BCUT2D eigenvalue weighted by atomic mass is 9.80. The fourth-order valence-corrected chi connectivity index (χ4v) is 5.30. The number of hydrogen-bond donors (Lipinski definition) is 4. The molecule has 0 saturated heterocycles. The molecule has 1 aromatic rings. The normalized spacial score (nSPS) is 12.8. The third-order valence-electron chi connectivity index (χ3n) is 3.90. The molecule has 0 spiro atoms. The second kappa shape index (κ2) is 14.1. The molecule has 0 saturated carbocycles. The third-order valence-corrected chi connectivity index (χ3v) is 7.05. The van der Waals surface area contributed by atoms with Crippen molar-refractivity contribution < 1.29 is 33.2 Å². The Morgan fingerprint density at radius 3 is 2.29 bits per heavy atom. The lowest BCUT2D eigenvalue weighted by Crippen LogP contribution is -2.46. The van der Waals surface area contributed by atoms with Gasteiger partial charge in [0.1, 0.15) is 0 Å². The first-order chi connectivity index (χ1) is 13.5. The van der Waals surface area contributed by atoms with Crippen molar-refractivity contribution in [2.24, 2.45) is 0 Å². The van der Waals surface area contributed by atoms with Crippen molar-refractivity contribution >= 4 is 27.1 Å². The van der Waals surface area contributed by atoms with E-state index in [1.807, 2.05) is 20.8 Å². The average Bonchev–Trinajstić information content (AvgIpc) is 2.67. The molecule has 28 heavy (non-hydrogen) atoms. The second-order valence-corrected chi connectivity index (χ2v) is 8.93. The van der Waals surface area contributed by atoms with E-state index in [2.05, 4.69) is 5.32 Å². The summed E-state index contributed by atoms with van der Waals surface area (Å²) in [6, 6.07) is 7.42. The van der Waals surface area contributed by atoms with Crippen LogP contribution in [0.15, 0.2) is 24.3 Å². The summed E-state index contributed by atoms with van der Waals surface area (Å²) in [5.41, 5.74) is 1.09. The van der Waals surface area contributed by atoms with E-state index in [-0.39, 0.29) is 6.61 Å². The summed E-state index contributed by atoms with van der Waals surface area (Å²) in [4.78, 5) is 0. The molecular formula is C18H34BNO7Si. The lowest BCUT2D eigenvalue weighted by molar-refractivity contribution is 0.0379. The van der Waals surface area contributed by atoms with Crippen molar-refractivity contribution in [2.75, 3.05) is 44.9 Å². The molecule has 4 N–H and O–H groups in total. The van der Waals surface area contributed by atoms with Crippen molar-refractivity contribution in [1.82, 2.24) is 0 Å². The Morgan fingerprint density at radius 2 is 1.71 bits per heavy atom. The highest BCUT2D eigenvalue weighted by Crippen LogP contribution is 2.18. The Bertz CT molecular complexity index is 521. The molecule has 0 aliphatic carbocycles. The molecular weight excluding hydrogens is 381 g/mol. The van der Waals surface area contributed by atoms with E-state index in [0.717, 1.165) is 6.42 Å². The number of hydrogen-bond acceptors (Lipinski definition) is 8. The van der Waals surface area contributed by atoms with E-state index in [9.17, 15) is 15.2 Å². The molecule has 0 aliphatic rings. The Hall–Kier alpha value is -0.978. The average molecular weight is 415 g/mol. The number of benzene rings is 1. The number of anilines is 1. The molecule has 0 aliphatic heterocycles. The molecule has 1 aromatic carbocycles. The summed E-state index contributed by atoms with van der Waals surface area (Å²) in [7, 11) is -4.16. The Kier molecular flexibility index (Phi) is 12.6. The van der Waals surface area contributed by atoms with Crippen LogP contribution < -0.4 is 10.8 Å². The minimum Gasteiger partial charge on any atom is -0.423 e. The van der Waals surface area contributed by atoms with Crippen LogP contribution in [-0.2, 0) is 18.0 Å². The van der Waals surface area contributed by atoms with Gasteiger partial charge in [-0.25, -0.2) is 0 Å². The molecule has 10 heteroatoms. The van der Waals surface area contributed by atoms with Crippen molar-refractivity contribution in [3.05, 3.63) is 24.3 Å².